The lowest BCUT2D eigenvalue weighted by atomic mass is 10.2. The maximum Gasteiger partial charge on any atom is 0.329 e. The van der Waals surface area contributed by atoms with Crippen molar-refractivity contribution in [3.63, 3.8) is 0 Å². The molecule has 0 spiro atoms. The van der Waals surface area contributed by atoms with Crippen LogP contribution in [0.1, 0.15) is 6.42 Å². The first-order valence-electron chi connectivity index (χ1n) is 5.95. The molecule has 1 aromatic carbocycles. The lowest BCUT2D eigenvalue weighted by molar-refractivity contribution is -0.118. The number of imide groups is 1. The van der Waals surface area contributed by atoms with Gasteiger partial charge in [0.05, 0.1) is 12.8 Å². The number of para-hydroxylation sites is 2. The van der Waals surface area contributed by atoms with Crippen LogP contribution in [0.5, 0.6) is 5.75 Å². The number of carbonyl (C=O) groups excluding carboxylic acids is 2. The highest BCUT2D eigenvalue weighted by Gasteiger charge is 2.39. The van der Waals surface area contributed by atoms with Crippen LogP contribution in [0.25, 0.3) is 0 Å². The number of methoxy groups -OCH3 is 1. The van der Waals surface area contributed by atoms with Gasteiger partial charge in [-0.05, 0) is 30.6 Å². The van der Waals surface area contributed by atoms with E-state index >= 15 is 0 Å². The van der Waals surface area contributed by atoms with Crippen LogP contribution in [-0.2, 0) is 4.79 Å². The largest absolute Gasteiger partial charge is 0.495 e. The smallest absolute Gasteiger partial charge is 0.329 e. The molecule has 1 atom stereocenters. The molecule has 1 N–H and O–H groups in total. The molecule has 2 rings (SSSR count). The van der Waals surface area contributed by atoms with E-state index in [-0.39, 0.29) is 11.9 Å². The molecular formula is C13H16N2O3S. The molecule has 1 unspecified atom stereocenters. The maximum absolute atomic E-state index is 12.3. The second-order valence-corrected chi connectivity index (χ2v) is 5.11. The Balaban J connectivity index is 2.25. The quantitative estimate of drug-likeness (QED) is 0.837. The normalized spacial score (nSPS) is 18.6. The Morgan fingerprint density at radius 3 is 2.79 bits per heavy atom. The monoisotopic (exact) mass is 280 g/mol. The third-order valence-corrected chi connectivity index (χ3v) is 3.60. The predicted molar refractivity (Wildman–Crippen MR) is 75.8 cm³/mol. The third-order valence-electron chi connectivity index (χ3n) is 2.96. The summed E-state index contributed by atoms with van der Waals surface area (Å²) in [6, 6.07) is 6.17. The SMILES string of the molecule is COc1ccccc1N1C(=O)NC(CCSC)C1=O. The van der Waals surface area contributed by atoms with Crippen molar-refractivity contribution in [1.82, 2.24) is 5.32 Å². The highest BCUT2D eigenvalue weighted by molar-refractivity contribution is 7.98. The van der Waals surface area contributed by atoms with Crippen LogP contribution in [0.15, 0.2) is 24.3 Å². The fraction of sp³-hybridized carbons (Fsp3) is 0.385. The number of benzene rings is 1. The number of thioether (sulfide) groups is 1. The number of urea groups is 1. The lowest BCUT2D eigenvalue weighted by Crippen LogP contribution is -2.31. The number of hydrogen-bond donors (Lipinski definition) is 1. The Bertz CT molecular complexity index is 493. The molecule has 0 saturated carbocycles. The van der Waals surface area contributed by atoms with Crippen molar-refractivity contribution >= 4 is 29.4 Å². The van der Waals surface area contributed by atoms with Crippen LogP contribution in [0.3, 0.4) is 0 Å². The topological polar surface area (TPSA) is 58.6 Å². The van der Waals surface area contributed by atoms with Gasteiger partial charge < -0.3 is 10.1 Å². The van der Waals surface area contributed by atoms with Gasteiger partial charge in [0.1, 0.15) is 11.8 Å². The van der Waals surface area contributed by atoms with Gasteiger partial charge in [-0.3, -0.25) is 4.79 Å². The van der Waals surface area contributed by atoms with Crippen molar-refractivity contribution < 1.29 is 14.3 Å². The fourth-order valence-corrected chi connectivity index (χ4v) is 2.48. The van der Waals surface area contributed by atoms with E-state index in [1.807, 2.05) is 6.26 Å². The van der Waals surface area contributed by atoms with Gasteiger partial charge in [-0.15, -0.1) is 0 Å². The van der Waals surface area contributed by atoms with Crippen LogP contribution in [-0.4, -0.2) is 37.1 Å². The zero-order valence-electron chi connectivity index (χ0n) is 10.9. The molecule has 0 bridgehead atoms. The molecule has 1 aliphatic heterocycles. The zero-order valence-corrected chi connectivity index (χ0v) is 11.7. The summed E-state index contributed by atoms with van der Waals surface area (Å²) in [4.78, 5) is 25.4. The molecule has 1 aromatic rings. The summed E-state index contributed by atoms with van der Waals surface area (Å²) in [5.74, 6) is 1.12. The maximum atomic E-state index is 12.3. The first-order valence-corrected chi connectivity index (χ1v) is 7.35. The van der Waals surface area contributed by atoms with Crippen molar-refractivity contribution in [1.29, 1.82) is 0 Å². The number of nitrogens with zero attached hydrogens (tertiary/aromatic N) is 1. The first-order chi connectivity index (χ1) is 9.19. The van der Waals surface area contributed by atoms with Gasteiger partial charge in [0.25, 0.3) is 5.91 Å². The van der Waals surface area contributed by atoms with Gasteiger partial charge in [-0.1, -0.05) is 12.1 Å². The predicted octanol–water partition coefficient (Wildman–Crippen LogP) is 1.87. The average Bonchev–Trinajstić information content (AvgIpc) is 2.71. The Morgan fingerprint density at radius 2 is 2.11 bits per heavy atom. The number of nitrogens with one attached hydrogen (secondary N) is 1. The van der Waals surface area contributed by atoms with Gasteiger partial charge in [0.2, 0.25) is 0 Å². The van der Waals surface area contributed by atoms with E-state index in [1.165, 1.54) is 7.11 Å². The summed E-state index contributed by atoms with van der Waals surface area (Å²) < 4.78 is 5.19. The van der Waals surface area contributed by atoms with Crippen LogP contribution >= 0.6 is 11.8 Å². The zero-order chi connectivity index (χ0) is 13.8. The minimum Gasteiger partial charge on any atom is -0.495 e. The molecule has 5 nitrogen and oxygen atoms in total. The Labute approximate surface area is 116 Å². The fourth-order valence-electron chi connectivity index (χ4n) is 2.01. The highest BCUT2D eigenvalue weighted by atomic mass is 32.2. The molecular weight excluding hydrogens is 264 g/mol. The summed E-state index contributed by atoms with van der Waals surface area (Å²) in [5.41, 5.74) is 0.485. The van der Waals surface area contributed by atoms with E-state index in [4.69, 9.17) is 4.74 Å². The van der Waals surface area contributed by atoms with E-state index < -0.39 is 6.04 Å². The van der Waals surface area contributed by atoms with E-state index in [0.717, 1.165) is 10.7 Å². The minimum atomic E-state index is -0.440. The second-order valence-electron chi connectivity index (χ2n) is 4.13. The summed E-state index contributed by atoms with van der Waals surface area (Å²) >= 11 is 1.65. The first kappa shape index (κ1) is 13.7. The molecule has 0 aliphatic carbocycles. The van der Waals surface area contributed by atoms with E-state index in [1.54, 1.807) is 36.0 Å². The van der Waals surface area contributed by atoms with E-state index in [9.17, 15) is 9.59 Å². The Morgan fingerprint density at radius 1 is 1.37 bits per heavy atom. The summed E-state index contributed by atoms with van der Waals surface area (Å²) in [5, 5.41) is 2.71. The molecule has 1 aliphatic rings. The number of hydrogen-bond acceptors (Lipinski definition) is 4. The lowest BCUT2D eigenvalue weighted by Gasteiger charge is -2.16. The molecule has 1 saturated heterocycles. The van der Waals surface area contributed by atoms with Gasteiger partial charge >= 0.3 is 6.03 Å². The Kier molecular flexibility index (Phi) is 4.31. The highest BCUT2D eigenvalue weighted by Crippen LogP contribution is 2.30. The molecule has 0 radical (unpaired) electrons. The molecule has 0 aromatic heterocycles. The average molecular weight is 280 g/mol. The van der Waals surface area contributed by atoms with Crippen LogP contribution in [0, 0.1) is 0 Å². The van der Waals surface area contributed by atoms with Gasteiger partial charge in [0, 0.05) is 0 Å². The van der Waals surface area contributed by atoms with Crippen LogP contribution < -0.4 is 15.0 Å². The van der Waals surface area contributed by atoms with Crippen molar-refractivity contribution in [2.75, 3.05) is 24.0 Å². The molecule has 1 heterocycles. The number of ether oxygens (including phenoxy) is 1. The van der Waals surface area contributed by atoms with Crippen LogP contribution in [0.2, 0.25) is 0 Å². The van der Waals surface area contributed by atoms with Crippen molar-refractivity contribution in [2.24, 2.45) is 0 Å². The second kappa shape index (κ2) is 5.97. The molecule has 1 fully saturated rings. The number of carbonyl (C=O) groups is 2. The standard InChI is InChI=1S/C13H16N2O3S/c1-18-11-6-4-3-5-10(11)15-12(16)9(7-8-19-2)14-13(15)17/h3-6,9H,7-8H2,1-2H3,(H,14,17). The van der Waals surface area contributed by atoms with Crippen molar-refractivity contribution in [3.8, 4) is 5.75 Å². The minimum absolute atomic E-state index is 0.219. The summed E-state index contributed by atoms with van der Waals surface area (Å²) in [6.07, 6.45) is 2.61. The molecule has 3 amide bonds. The Hall–Kier alpha value is -1.69. The third kappa shape index (κ3) is 2.68. The summed E-state index contributed by atoms with van der Waals surface area (Å²) in [6.45, 7) is 0. The molecule has 6 heteroatoms. The summed E-state index contributed by atoms with van der Waals surface area (Å²) in [7, 11) is 1.52. The van der Waals surface area contributed by atoms with E-state index in [0.29, 0.717) is 17.9 Å². The van der Waals surface area contributed by atoms with Gasteiger partial charge in [-0.25, -0.2) is 9.69 Å². The van der Waals surface area contributed by atoms with Crippen molar-refractivity contribution in [3.05, 3.63) is 24.3 Å². The van der Waals surface area contributed by atoms with Crippen molar-refractivity contribution in [2.45, 2.75) is 12.5 Å². The number of anilines is 1. The van der Waals surface area contributed by atoms with E-state index in [2.05, 4.69) is 5.32 Å². The van der Waals surface area contributed by atoms with Crippen LogP contribution in [0.4, 0.5) is 10.5 Å². The molecule has 19 heavy (non-hydrogen) atoms. The van der Waals surface area contributed by atoms with Gasteiger partial charge in [0.15, 0.2) is 0 Å². The van der Waals surface area contributed by atoms with Gasteiger partial charge in [-0.2, -0.15) is 11.8 Å². The molecule has 102 valence electrons. The number of amides is 3. The number of rotatable bonds is 5.